The standard InChI is InChI=1S/C24H25N3O/c1-16-3-6-20(7-4-16)27-22-13-19-5-8-21(23(28)17-9-11-25-12-10-17)24(19,2)14-18(22)15-26-27/h3-4,6-7,9-13,15,21,23,28H,5,8,14H2,1-2H3. The maximum Gasteiger partial charge on any atom is 0.0827 e. The number of benzene rings is 1. The van der Waals surface area contributed by atoms with Crippen LogP contribution in [0.3, 0.4) is 0 Å². The van der Waals surface area contributed by atoms with Gasteiger partial charge in [0, 0.05) is 12.4 Å². The predicted octanol–water partition coefficient (Wildman–Crippen LogP) is 4.67. The van der Waals surface area contributed by atoms with Gasteiger partial charge in [0.25, 0.3) is 0 Å². The Balaban J connectivity index is 1.51. The van der Waals surface area contributed by atoms with E-state index in [-0.39, 0.29) is 11.3 Å². The highest BCUT2D eigenvalue weighted by Gasteiger charge is 2.48. The molecule has 1 aromatic carbocycles. The smallest absolute Gasteiger partial charge is 0.0827 e. The van der Waals surface area contributed by atoms with Gasteiger partial charge in [-0.2, -0.15) is 5.10 Å². The first kappa shape index (κ1) is 17.4. The molecule has 3 unspecified atom stereocenters. The highest BCUT2D eigenvalue weighted by molar-refractivity contribution is 5.62. The third-order valence-electron chi connectivity index (χ3n) is 6.74. The molecule has 5 rings (SSSR count). The van der Waals surface area contributed by atoms with Gasteiger partial charge in [-0.25, -0.2) is 4.68 Å². The second kappa shape index (κ2) is 6.42. The molecule has 4 heteroatoms. The number of rotatable bonds is 3. The summed E-state index contributed by atoms with van der Waals surface area (Å²) in [6.45, 7) is 4.41. The van der Waals surface area contributed by atoms with Gasteiger partial charge in [-0.1, -0.05) is 30.2 Å². The molecule has 0 bridgehead atoms. The molecule has 2 heterocycles. The Hall–Kier alpha value is -2.72. The molecule has 4 nitrogen and oxygen atoms in total. The largest absolute Gasteiger partial charge is 0.388 e. The number of aryl methyl sites for hydroxylation is 1. The molecule has 2 aliphatic carbocycles. The van der Waals surface area contributed by atoms with Crippen LogP contribution in [0.15, 0.2) is 60.6 Å². The van der Waals surface area contributed by atoms with Gasteiger partial charge in [0.05, 0.1) is 23.7 Å². The van der Waals surface area contributed by atoms with Crippen LogP contribution in [0, 0.1) is 18.3 Å². The maximum absolute atomic E-state index is 11.1. The zero-order valence-corrected chi connectivity index (χ0v) is 16.3. The van der Waals surface area contributed by atoms with Gasteiger partial charge in [-0.05, 0) is 79.0 Å². The molecule has 1 saturated carbocycles. The zero-order valence-electron chi connectivity index (χ0n) is 16.3. The number of fused-ring (bicyclic) bond motifs is 2. The van der Waals surface area contributed by atoms with Crippen molar-refractivity contribution in [3.63, 3.8) is 0 Å². The Morgan fingerprint density at radius 3 is 2.64 bits per heavy atom. The predicted molar refractivity (Wildman–Crippen MR) is 110 cm³/mol. The normalized spacial score (nSPS) is 24.4. The number of hydrogen-bond donors (Lipinski definition) is 1. The number of allylic oxidation sites excluding steroid dienone is 1. The Bertz CT molecular complexity index is 1040. The summed E-state index contributed by atoms with van der Waals surface area (Å²) >= 11 is 0. The lowest BCUT2D eigenvalue weighted by Gasteiger charge is -2.38. The lowest BCUT2D eigenvalue weighted by molar-refractivity contribution is 0.0555. The average Bonchev–Trinajstić information content (AvgIpc) is 3.26. The van der Waals surface area contributed by atoms with Crippen molar-refractivity contribution in [1.29, 1.82) is 0 Å². The van der Waals surface area contributed by atoms with E-state index in [1.54, 1.807) is 12.4 Å². The summed E-state index contributed by atoms with van der Waals surface area (Å²) in [5, 5.41) is 15.8. The number of aliphatic hydroxyl groups is 1. The minimum Gasteiger partial charge on any atom is -0.388 e. The first-order valence-corrected chi connectivity index (χ1v) is 9.99. The van der Waals surface area contributed by atoms with Gasteiger partial charge in [-0.15, -0.1) is 0 Å². The number of nitrogens with zero attached hydrogens (tertiary/aromatic N) is 3. The molecule has 3 atom stereocenters. The lowest BCUT2D eigenvalue weighted by Crippen LogP contribution is -2.32. The van der Waals surface area contributed by atoms with Crippen molar-refractivity contribution < 1.29 is 5.11 Å². The fourth-order valence-corrected chi connectivity index (χ4v) is 5.07. The van der Waals surface area contributed by atoms with Gasteiger partial charge in [0.1, 0.15) is 0 Å². The minimum atomic E-state index is -0.465. The molecule has 3 aromatic rings. The Labute approximate surface area is 165 Å². The van der Waals surface area contributed by atoms with Crippen molar-refractivity contribution in [2.45, 2.75) is 39.2 Å². The van der Waals surface area contributed by atoms with Gasteiger partial charge in [-0.3, -0.25) is 4.98 Å². The van der Waals surface area contributed by atoms with E-state index in [2.05, 4.69) is 54.3 Å². The summed E-state index contributed by atoms with van der Waals surface area (Å²) in [6, 6.07) is 12.4. The Morgan fingerprint density at radius 2 is 1.89 bits per heavy atom. The monoisotopic (exact) mass is 371 g/mol. The molecule has 28 heavy (non-hydrogen) atoms. The van der Waals surface area contributed by atoms with Crippen molar-refractivity contribution in [3.8, 4) is 5.69 Å². The van der Waals surface area contributed by atoms with Gasteiger partial charge < -0.3 is 5.11 Å². The maximum atomic E-state index is 11.1. The minimum absolute atomic E-state index is 0.0309. The number of pyridine rings is 1. The summed E-state index contributed by atoms with van der Waals surface area (Å²) in [5.41, 5.74) is 7.17. The van der Waals surface area contributed by atoms with Crippen molar-refractivity contribution in [1.82, 2.24) is 14.8 Å². The highest BCUT2D eigenvalue weighted by atomic mass is 16.3. The SMILES string of the molecule is Cc1ccc(-n2ncc3c2C=C2CCC(C(O)c4ccncc4)C2(C)C3)cc1. The van der Waals surface area contributed by atoms with Crippen molar-refractivity contribution in [3.05, 3.63) is 82.9 Å². The summed E-state index contributed by atoms with van der Waals surface area (Å²) in [7, 11) is 0. The third-order valence-corrected chi connectivity index (χ3v) is 6.74. The van der Waals surface area contributed by atoms with Crippen molar-refractivity contribution >= 4 is 6.08 Å². The van der Waals surface area contributed by atoms with Gasteiger partial charge in [0.2, 0.25) is 0 Å². The molecule has 0 saturated heterocycles. The van der Waals surface area contributed by atoms with E-state index in [0.717, 1.165) is 30.5 Å². The van der Waals surface area contributed by atoms with Crippen molar-refractivity contribution in [2.75, 3.05) is 0 Å². The zero-order chi connectivity index (χ0) is 19.3. The molecule has 2 aliphatic rings. The third kappa shape index (κ3) is 2.63. The summed E-state index contributed by atoms with van der Waals surface area (Å²) < 4.78 is 2.05. The second-order valence-corrected chi connectivity index (χ2v) is 8.44. The van der Waals surface area contributed by atoms with Crippen LogP contribution in [0.5, 0.6) is 0 Å². The van der Waals surface area contributed by atoms with E-state index in [9.17, 15) is 5.11 Å². The first-order valence-electron chi connectivity index (χ1n) is 9.99. The molecule has 142 valence electrons. The summed E-state index contributed by atoms with van der Waals surface area (Å²) in [4.78, 5) is 4.09. The van der Waals surface area contributed by atoms with Crippen LogP contribution in [-0.2, 0) is 6.42 Å². The fraction of sp³-hybridized carbons (Fsp3) is 0.333. The van der Waals surface area contributed by atoms with E-state index in [1.165, 1.54) is 22.4 Å². The molecular formula is C24H25N3O. The van der Waals surface area contributed by atoms with Crippen LogP contribution in [0.4, 0.5) is 0 Å². The molecule has 0 amide bonds. The number of aromatic nitrogens is 3. The molecule has 0 aliphatic heterocycles. The van der Waals surface area contributed by atoms with Crippen LogP contribution in [0.1, 0.15) is 48.3 Å². The Kier molecular flexibility index (Phi) is 3.98. The average molecular weight is 371 g/mol. The quantitative estimate of drug-likeness (QED) is 0.728. The fourth-order valence-electron chi connectivity index (χ4n) is 5.07. The molecule has 1 fully saturated rings. The topological polar surface area (TPSA) is 50.9 Å². The van der Waals surface area contributed by atoms with E-state index in [0.29, 0.717) is 0 Å². The molecule has 1 N–H and O–H groups in total. The van der Waals surface area contributed by atoms with E-state index >= 15 is 0 Å². The van der Waals surface area contributed by atoms with Crippen LogP contribution < -0.4 is 0 Å². The van der Waals surface area contributed by atoms with E-state index in [1.807, 2.05) is 23.0 Å². The molecule has 0 radical (unpaired) electrons. The highest BCUT2D eigenvalue weighted by Crippen LogP contribution is 2.56. The van der Waals surface area contributed by atoms with Crippen LogP contribution in [0.2, 0.25) is 0 Å². The molecular weight excluding hydrogens is 346 g/mol. The summed E-state index contributed by atoms with van der Waals surface area (Å²) in [5.74, 6) is 0.206. The van der Waals surface area contributed by atoms with E-state index < -0.39 is 6.10 Å². The first-order chi connectivity index (χ1) is 13.6. The number of aliphatic hydroxyl groups excluding tert-OH is 1. The van der Waals surface area contributed by atoms with Gasteiger partial charge in [0.15, 0.2) is 0 Å². The second-order valence-electron chi connectivity index (χ2n) is 8.44. The van der Waals surface area contributed by atoms with Crippen LogP contribution >= 0.6 is 0 Å². The van der Waals surface area contributed by atoms with Gasteiger partial charge >= 0.3 is 0 Å². The molecule has 0 spiro atoms. The Morgan fingerprint density at radius 1 is 1.14 bits per heavy atom. The summed E-state index contributed by atoms with van der Waals surface area (Å²) in [6.07, 6.45) is 10.3. The van der Waals surface area contributed by atoms with Crippen molar-refractivity contribution in [2.24, 2.45) is 11.3 Å². The van der Waals surface area contributed by atoms with Crippen LogP contribution in [-0.4, -0.2) is 19.9 Å². The van der Waals surface area contributed by atoms with Crippen LogP contribution in [0.25, 0.3) is 11.8 Å². The lowest BCUT2D eigenvalue weighted by atomic mass is 9.67. The molecule has 2 aromatic heterocycles. The number of hydrogen-bond acceptors (Lipinski definition) is 3. The van der Waals surface area contributed by atoms with E-state index in [4.69, 9.17) is 0 Å².